The molecule has 6 nitrogen and oxygen atoms in total. The van der Waals surface area contributed by atoms with Gasteiger partial charge in [-0.15, -0.1) is 0 Å². The van der Waals surface area contributed by atoms with Gasteiger partial charge in [0.15, 0.2) is 5.76 Å². The fourth-order valence-corrected chi connectivity index (χ4v) is 5.30. The van der Waals surface area contributed by atoms with Gasteiger partial charge in [-0.3, -0.25) is 4.79 Å². The Balaban J connectivity index is 1.60. The Hall–Kier alpha value is -3.25. The monoisotopic (exact) mass is 491 g/mol. The minimum atomic E-state index is -0.171. The normalized spacial score (nSPS) is 17.8. The van der Waals surface area contributed by atoms with Crippen LogP contribution in [0.5, 0.6) is 11.5 Å². The van der Waals surface area contributed by atoms with Crippen LogP contribution in [0.15, 0.2) is 71.3 Å². The number of para-hydroxylation sites is 1. The smallest absolute Gasteiger partial charge is 0.289 e. The molecule has 2 heterocycles. The number of carbonyl (C=O) groups excluding carboxylic acids is 1. The zero-order valence-electron chi connectivity index (χ0n) is 21.7. The standard InChI is InChI=1S/C30H37NO5/c1-30(2)20-23(16-19-36-30)25(26-8-5-6-9-27(26)34-4)15-17-31(29(32)28-10-7-18-35-28)21-22-11-13-24(33-3)14-12-22/h5-14,18,23,25H,15-17,19-21H2,1-4H3/t23-,25+/m0/s1. The van der Waals surface area contributed by atoms with Crippen LogP contribution >= 0.6 is 0 Å². The van der Waals surface area contributed by atoms with Crippen LogP contribution < -0.4 is 9.47 Å². The average molecular weight is 492 g/mol. The highest BCUT2D eigenvalue weighted by molar-refractivity contribution is 5.91. The fourth-order valence-electron chi connectivity index (χ4n) is 5.30. The molecule has 0 unspecified atom stereocenters. The van der Waals surface area contributed by atoms with Gasteiger partial charge in [0.1, 0.15) is 11.5 Å². The van der Waals surface area contributed by atoms with E-state index in [9.17, 15) is 4.79 Å². The molecule has 1 amide bonds. The fraction of sp³-hybridized carbons (Fsp3) is 0.433. The Bertz CT molecular complexity index is 1110. The van der Waals surface area contributed by atoms with Gasteiger partial charge in [-0.2, -0.15) is 0 Å². The highest BCUT2D eigenvalue weighted by atomic mass is 16.5. The van der Waals surface area contributed by atoms with Gasteiger partial charge in [0.25, 0.3) is 5.91 Å². The largest absolute Gasteiger partial charge is 0.497 e. The molecule has 3 aromatic rings. The summed E-state index contributed by atoms with van der Waals surface area (Å²) in [5, 5.41) is 0. The summed E-state index contributed by atoms with van der Waals surface area (Å²) in [5.74, 6) is 2.58. The average Bonchev–Trinajstić information content (AvgIpc) is 3.43. The van der Waals surface area contributed by atoms with Crippen LogP contribution in [0, 0.1) is 5.92 Å². The number of hydrogen-bond donors (Lipinski definition) is 0. The van der Waals surface area contributed by atoms with E-state index in [0.717, 1.165) is 42.9 Å². The first kappa shape index (κ1) is 25.8. The summed E-state index contributed by atoms with van der Waals surface area (Å²) in [4.78, 5) is 15.3. The van der Waals surface area contributed by atoms with Crippen LogP contribution in [0.3, 0.4) is 0 Å². The summed E-state index contributed by atoms with van der Waals surface area (Å²) >= 11 is 0. The van der Waals surface area contributed by atoms with Gasteiger partial charge in [-0.25, -0.2) is 0 Å². The van der Waals surface area contributed by atoms with E-state index in [1.54, 1.807) is 32.6 Å². The van der Waals surface area contributed by atoms with E-state index in [-0.39, 0.29) is 17.4 Å². The van der Waals surface area contributed by atoms with Crippen LogP contribution in [0.25, 0.3) is 0 Å². The molecule has 0 bridgehead atoms. The Morgan fingerprint density at radius 2 is 1.83 bits per heavy atom. The van der Waals surface area contributed by atoms with Crippen molar-refractivity contribution in [2.45, 2.75) is 51.2 Å². The lowest BCUT2D eigenvalue weighted by Crippen LogP contribution is -2.38. The molecule has 0 spiro atoms. The number of ether oxygens (including phenoxy) is 3. The molecule has 1 aromatic heterocycles. The highest BCUT2D eigenvalue weighted by Crippen LogP contribution is 2.43. The first-order chi connectivity index (χ1) is 17.4. The van der Waals surface area contributed by atoms with Crippen LogP contribution in [0.1, 0.15) is 60.7 Å². The van der Waals surface area contributed by atoms with E-state index < -0.39 is 0 Å². The Labute approximate surface area is 214 Å². The summed E-state index contributed by atoms with van der Waals surface area (Å²) in [5.41, 5.74) is 2.06. The van der Waals surface area contributed by atoms with Crippen molar-refractivity contribution in [3.05, 3.63) is 83.8 Å². The van der Waals surface area contributed by atoms with Crippen LogP contribution in [-0.4, -0.2) is 43.8 Å². The van der Waals surface area contributed by atoms with E-state index in [1.807, 2.05) is 41.3 Å². The van der Waals surface area contributed by atoms with Crippen molar-refractivity contribution in [2.24, 2.45) is 5.92 Å². The van der Waals surface area contributed by atoms with E-state index >= 15 is 0 Å². The second kappa shape index (κ2) is 11.7. The number of hydrogen-bond acceptors (Lipinski definition) is 5. The quantitative estimate of drug-likeness (QED) is 0.332. The molecule has 36 heavy (non-hydrogen) atoms. The third kappa shape index (κ3) is 6.30. The second-order valence-electron chi connectivity index (χ2n) is 10.1. The molecule has 4 rings (SSSR count). The lowest BCUT2D eigenvalue weighted by Gasteiger charge is -2.40. The van der Waals surface area contributed by atoms with Crippen LogP contribution in [-0.2, 0) is 11.3 Å². The van der Waals surface area contributed by atoms with E-state index in [1.165, 1.54) is 5.56 Å². The van der Waals surface area contributed by atoms with E-state index in [0.29, 0.717) is 24.8 Å². The molecule has 6 heteroatoms. The summed E-state index contributed by atoms with van der Waals surface area (Å²) in [7, 11) is 3.37. The van der Waals surface area contributed by atoms with Gasteiger partial charge in [0.05, 0.1) is 26.1 Å². The van der Waals surface area contributed by atoms with Crippen molar-refractivity contribution in [3.63, 3.8) is 0 Å². The van der Waals surface area contributed by atoms with Crippen molar-refractivity contribution >= 4 is 5.91 Å². The van der Waals surface area contributed by atoms with Crippen molar-refractivity contribution in [1.29, 1.82) is 0 Å². The number of benzene rings is 2. The van der Waals surface area contributed by atoms with E-state index in [4.69, 9.17) is 18.6 Å². The first-order valence-corrected chi connectivity index (χ1v) is 12.6. The zero-order valence-corrected chi connectivity index (χ0v) is 21.7. The van der Waals surface area contributed by atoms with Crippen molar-refractivity contribution in [2.75, 3.05) is 27.4 Å². The van der Waals surface area contributed by atoms with Crippen LogP contribution in [0.2, 0.25) is 0 Å². The minimum Gasteiger partial charge on any atom is -0.497 e. The van der Waals surface area contributed by atoms with Gasteiger partial charge in [0.2, 0.25) is 0 Å². The van der Waals surface area contributed by atoms with Crippen molar-refractivity contribution < 1.29 is 23.4 Å². The lowest BCUT2D eigenvalue weighted by atomic mass is 9.75. The topological polar surface area (TPSA) is 61.1 Å². The summed E-state index contributed by atoms with van der Waals surface area (Å²) in [6.07, 6.45) is 4.29. The molecule has 2 atom stereocenters. The maximum Gasteiger partial charge on any atom is 0.289 e. The minimum absolute atomic E-state index is 0.109. The molecule has 0 radical (unpaired) electrons. The lowest BCUT2D eigenvalue weighted by molar-refractivity contribution is -0.0775. The number of nitrogens with zero attached hydrogens (tertiary/aromatic N) is 1. The Morgan fingerprint density at radius 1 is 1.06 bits per heavy atom. The molecular weight excluding hydrogens is 454 g/mol. The molecular formula is C30H37NO5. The summed E-state index contributed by atoms with van der Waals surface area (Å²) in [6, 6.07) is 19.6. The third-order valence-electron chi connectivity index (χ3n) is 7.10. The number of furan rings is 1. The number of amides is 1. The Morgan fingerprint density at radius 3 is 2.50 bits per heavy atom. The number of carbonyl (C=O) groups is 1. The third-order valence-corrected chi connectivity index (χ3v) is 7.10. The van der Waals surface area contributed by atoms with E-state index in [2.05, 4.69) is 26.0 Å². The summed E-state index contributed by atoms with van der Waals surface area (Å²) in [6.45, 7) is 6.14. The molecule has 1 saturated heterocycles. The van der Waals surface area contributed by atoms with Crippen LogP contribution in [0.4, 0.5) is 0 Å². The predicted octanol–water partition coefficient (Wildman–Crippen LogP) is 6.32. The highest BCUT2D eigenvalue weighted by Gasteiger charge is 2.35. The zero-order chi connectivity index (χ0) is 25.5. The maximum absolute atomic E-state index is 13.4. The molecule has 1 aliphatic heterocycles. The summed E-state index contributed by atoms with van der Waals surface area (Å²) < 4.78 is 22.6. The first-order valence-electron chi connectivity index (χ1n) is 12.6. The molecule has 1 fully saturated rings. The SMILES string of the molecule is COc1ccc(CN(CC[C@@H](c2ccccc2OC)[C@H]2CCOC(C)(C)C2)C(=O)c2ccco2)cc1. The molecule has 1 aliphatic rings. The molecule has 192 valence electrons. The predicted molar refractivity (Wildman–Crippen MR) is 140 cm³/mol. The molecule has 0 aliphatic carbocycles. The van der Waals surface area contributed by atoms with Gasteiger partial charge < -0.3 is 23.5 Å². The Kier molecular flexibility index (Phi) is 8.36. The molecule has 2 aromatic carbocycles. The number of methoxy groups -OCH3 is 2. The van der Waals surface area contributed by atoms with Gasteiger partial charge >= 0.3 is 0 Å². The molecule has 0 N–H and O–H groups in total. The van der Waals surface area contributed by atoms with Crippen molar-refractivity contribution in [1.82, 2.24) is 4.90 Å². The second-order valence-corrected chi connectivity index (χ2v) is 10.1. The molecule has 0 saturated carbocycles. The van der Waals surface area contributed by atoms with Gasteiger partial charge in [-0.1, -0.05) is 30.3 Å². The van der Waals surface area contributed by atoms with Crippen molar-refractivity contribution in [3.8, 4) is 11.5 Å². The van der Waals surface area contributed by atoms with Gasteiger partial charge in [0, 0.05) is 19.7 Å². The number of rotatable bonds is 10. The maximum atomic E-state index is 13.4. The van der Waals surface area contributed by atoms with Gasteiger partial charge in [-0.05, 0) is 86.4 Å².